The molecule has 3 heterocycles. The molecule has 0 radical (unpaired) electrons. The minimum Gasteiger partial charge on any atom is -0.309 e. The first-order chi connectivity index (χ1) is 42.6. The highest BCUT2D eigenvalue weighted by atomic mass is 32.1. The number of thiophene rings is 1. The van der Waals surface area contributed by atoms with E-state index in [2.05, 4.69) is 302 Å². The minimum atomic E-state index is 0.614. The molecule has 0 aliphatic carbocycles. The van der Waals surface area contributed by atoms with Crippen molar-refractivity contribution in [2.75, 3.05) is 0 Å². The Kier molecular flexibility index (Phi) is 12.7. The second-order valence-electron chi connectivity index (χ2n) is 21.9. The van der Waals surface area contributed by atoms with Crippen molar-refractivity contribution in [3.63, 3.8) is 0 Å². The van der Waals surface area contributed by atoms with Crippen molar-refractivity contribution in [2.24, 2.45) is 0 Å². The fourth-order valence-electron chi connectivity index (χ4n) is 12.5. The maximum absolute atomic E-state index is 5.41. The summed E-state index contributed by atoms with van der Waals surface area (Å²) in [6, 6.07) is 114. The molecule has 0 saturated carbocycles. The van der Waals surface area contributed by atoms with Crippen LogP contribution in [0, 0.1) is 0 Å². The first-order valence-corrected chi connectivity index (χ1v) is 30.0. The van der Waals surface area contributed by atoms with Gasteiger partial charge in [0.25, 0.3) is 0 Å². The van der Waals surface area contributed by atoms with Crippen LogP contribution in [0.5, 0.6) is 0 Å². The van der Waals surface area contributed by atoms with Gasteiger partial charge in [-0.2, -0.15) is 0 Å². The van der Waals surface area contributed by atoms with Gasteiger partial charge in [0.2, 0.25) is 0 Å². The van der Waals surface area contributed by atoms with Gasteiger partial charge in [-0.3, -0.25) is 0 Å². The molecule has 0 fully saturated rings. The van der Waals surface area contributed by atoms with Crippen molar-refractivity contribution >= 4 is 53.3 Å². The van der Waals surface area contributed by atoms with Crippen molar-refractivity contribution < 1.29 is 0 Å². The van der Waals surface area contributed by atoms with Crippen molar-refractivity contribution in [3.05, 3.63) is 315 Å². The second kappa shape index (κ2) is 21.6. The summed E-state index contributed by atoms with van der Waals surface area (Å²) in [5.41, 5.74) is 22.4. The molecule has 402 valence electrons. The van der Waals surface area contributed by atoms with E-state index < -0.39 is 0 Å². The van der Waals surface area contributed by atoms with E-state index in [1.807, 2.05) is 18.2 Å². The molecule has 0 saturated heterocycles. The van der Waals surface area contributed by atoms with Gasteiger partial charge >= 0.3 is 0 Å². The summed E-state index contributed by atoms with van der Waals surface area (Å²) in [4.78, 5) is 16.0. The van der Waals surface area contributed by atoms with Crippen LogP contribution in [0.2, 0.25) is 0 Å². The van der Waals surface area contributed by atoms with E-state index in [-0.39, 0.29) is 0 Å². The first-order valence-electron chi connectivity index (χ1n) is 29.1. The van der Waals surface area contributed by atoms with Crippen molar-refractivity contribution in [1.29, 1.82) is 0 Å². The average Bonchev–Trinajstić information content (AvgIpc) is 2.05. The van der Waals surface area contributed by atoms with E-state index in [1.165, 1.54) is 58.9 Å². The topological polar surface area (TPSA) is 43.6 Å². The minimum absolute atomic E-state index is 0.614. The van der Waals surface area contributed by atoms with Crippen LogP contribution in [0.3, 0.4) is 0 Å². The molecule has 13 aromatic carbocycles. The summed E-state index contributed by atoms with van der Waals surface area (Å²) in [5, 5.41) is 4.70. The van der Waals surface area contributed by atoms with Crippen LogP contribution in [0.25, 0.3) is 160 Å². The maximum Gasteiger partial charge on any atom is 0.164 e. The molecule has 0 atom stereocenters. The fourth-order valence-corrected chi connectivity index (χ4v) is 13.6. The van der Waals surface area contributed by atoms with Gasteiger partial charge in [0.05, 0.1) is 16.7 Å². The van der Waals surface area contributed by atoms with Crippen LogP contribution < -0.4 is 0 Å². The zero-order chi connectivity index (χ0) is 56.9. The molecule has 0 bridgehead atoms. The van der Waals surface area contributed by atoms with Crippen LogP contribution in [0.4, 0.5) is 0 Å². The Balaban J connectivity index is 0.809. The summed E-state index contributed by atoms with van der Waals surface area (Å²) < 4.78 is 4.84. The molecular formula is C81H52N4S. The van der Waals surface area contributed by atoms with Crippen LogP contribution >= 0.6 is 11.3 Å². The van der Waals surface area contributed by atoms with Gasteiger partial charge in [-0.05, 0) is 157 Å². The molecule has 5 heteroatoms. The smallest absolute Gasteiger partial charge is 0.164 e. The third-order valence-corrected chi connectivity index (χ3v) is 17.7. The van der Waals surface area contributed by atoms with Crippen LogP contribution in [-0.2, 0) is 0 Å². The number of para-hydroxylation sites is 2. The number of fused-ring (bicyclic) bond motifs is 6. The highest BCUT2D eigenvalue weighted by molar-refractivity contribution is 7.26. The van der Waals surface area contributed by atoms with E-state index >= 15 is 0 Å². The Morgan fingerprint density at radius 3 is 1.24 bits per heavy atom. The maximum atomic E-state index is 5.41. The van der Waals surface area contributed by atoms with Crippen molar-refractivity contribution in [2.45, 2.75) is 0 Å². The predicted octanol–water partition coefficient (Wildman–Crippen LogP) is 22.0. The normalized spacial score (nSPS) is 11.5. The Morgan fingerprint density at radius 2 is 0.628 bits per heavy atom. The molecule has 0 unspecified atom stereocenters. The van der Waals surface area contributed by atoms with Gasteiger partial charge in [0, 0.05) is 53.2 Å². The molecule has 0 N–H and O–H groups in total. The zero-order valence-corrected chi connectivity index (χ0v) is 47.5. The summed E-state index contributed by atoms with van der Waals surface area (Å²) >= 11 is 1.80. The van der Waals surface area contributed by atoms with E-state index in [9.17, 15) is 0 Å². The second-order valence-corrected chi connectivity index (χ2v) is 23.0. The molecular weight excluding hydrogens is 1060 g/mol. The van der Waals surface area contributed by atoms with Gasteiger partial charge in [-0.15, -0.1) is 11.3 Å². The summed E-state index contributed by atoms with van der Waals surface area (Å²) in [7, 11) is 0. The van der Waals surface area contributed by atoms with Gasteiger partial charge in [-0.1, -0.05) is 231 Å². The number of hydrogen-bond donors (Lipinski definition) is 0. The standard InChI is InChI=1S/C81H52N4S/c1-6-22-53(23-7-1)62-45-63(54-24-8-2-9-25-54)48-66(47-62)58-32-20-33-61(44-58)80-82-79(57-30-14-5-15-31-57)83-81(84-80)70-36-21-39-77-78(70)72-52-60(41-43-76(72)86-77)59-40-42-75-71(51-59)69-35-17-19-38-74(69)85(75)73-37-18-16-34-68(73)67-49-64(55-26-10-3-11-27-55)46-65(50-67)56-28-12-4-13-29-56/h1-52H. The number of benzene rings is 13. The Morgan fingerprint density at radius 1 is 0.221 bits per heavy atom. The first kappa shape index (κ1) is 50.6. The molecule has 86 heavy (non-hydrogen) atoms. The van der Waals surface area contributed by atoms with Crippen LogP contribution in [0.1, 0.15) is 0 Å². The van der Waals surface area contributed by atoms with Gasteiger partial charge in [0.1, 0.15) is 0 Å². The highest BCUT2D eigenvalue weighted by Crippen LogP contribution is 2.45. The number of nitrogens with zero attached hydrogens (tertiary/aromatic N) is 4. The van der Waals surface area contributed by atoms with E-state index in [0.29, 0.717) is 17.5 Å². The zero-order valence-electron chi connectivity index (χ0n) is 46.7. The lowest BCUT2D eigenvalue weighted by atomic mass is 9.92. The largest absolute Gasteiger partial charge is 0.309 e. The van der Waals surface area contributed by atoms with Gasteiger partial charge in [0.15, 0.2) is 17.5 Å². The molecule has 0 aliphatic heterocycles. The van der Waals surface area contributed by atoms with Crippen molar-refractivity contribution in [1.82, 2.24) is 19.5 Å². The van der Waals surface area contributed by atoms with E-state index in [4.69, 9.17) is 15.0 Å². The van der Waals surface area contributed by atoms with Crippen LogP contribution in [-0.4, -0.2) is 19.5 Å². The van der Waals surface area contributed by atoms with Gasteiger partial charge < -0.3 is 4.57 Å². The fraction of sp³-hybridized carbons (Fsp3) is 0. The van der Waals surface area contributed by atoms with E-state index in [1.54, 1.807) is 11.3 Å². The number of rotatable bonds is 11. The SMILES string of the molecule is c1ccc(-c2cc(-c3ccccc3)cc(-c3cccc(-c4nc(-c5ccccc5)nc(-c5cccc6sc7ccc(-c8ccc9c(c8)c8ccccc8n9-c8ccccc8-c8cc(-c9ccccc9)cc(-c9ccccc9)c8)cc7c56)n4)c3)c2)cc1. The number of hydrogen-bond acceptors (Lipinski definition) is 4. The average molecular weight is 1110 g/mol. The molecule has 16 aromatic rings. The lowest BCUT2D eigenvalue weighted by Crippen LogP contribution is -2.00. The molecule has 4 nitrogen and oxygen atoms in total. The number of aromatic nitrogens is 4. The van der Waals surface area contributed by atoms with E-state index in [0.717, 1.165) is 83.3 Å². The summed E-state index contributed by atoms with van der Waals surface area (Å²) in [6.45, 7) is 0. The molecule has 0 spiro atoms. The third-order valence-electron chi connectivity index (χ3n) is 16.6. The third kappa shape index (κ3) is 9.33. The molecule has 0 amide bonds. The molecule has 0 aliphatic rings. The Labute approximate surface area is 503 Å². The molecule has 3 aromatic heterocycles. The molecule has 16 rings (SSSR count). The summed E-state index contributed by atoms with van der Waals surface area (Å²) in [6.07, 6.45) is 0. The van der Waals surface area contributed by atoms with Crippen molar-refractivity contribution in [3.8, 4) is 118 Å². The predicted molar refractivity (Wildman–Crippen MR) is 361 cm³/mol. The lowest BCUT2D eigenvalue weighted by molar-refractivity contribution is 1.08. The Bertz CT molecular complexity index is 5090. The quantitative estimate of drug-likeness (QED) is 0.130. The highest BCUT2D eigenvalue weighted by Gasteiger charge is 2.21. The Hall–Kier alpha value is -11.1. The van der Waals surface area contributed by atoms with Gasteiger partial charge in [-0.25, -0.2) is 15.0 Å². The monoisotopic (exact) mass is 1110 g/mol. The van der Waals surface area contributed by atoms with Crippen LogP contribution in [0.15, 0.2) is 315 Å². The summed E-state index contributed by atoms with van der Waals surface area (Å²) in [5.74, 6) is 1.87. The lowest BCUT2D eigenvalue weighted by Gasteiger charge is -2.16.